The maximum Gasteiger partial charge on any atom is 0.254 e. The van der Waals surface area contributed by atoms with Crippen LogP contribution in [0.2, 0.25) is 0 Å². The number of hydrogen-bond acceptors (Lipinski definition) is 5. The number of anilines is 1. The number of aliphatic hydroxyl groups excluding tert-OH is 2. The van der Waals surface area contributed by atoms with E-state index in [-0.39, 0.29) is 25.2 Å². The number of ether oxygens (including phenoxy) is 1. The smallest absolute Gasteiger partial charge is 0.254 e. The summed E-state index contributed by atoms with van der Waals surface area (Å²) in [4.78, 5) is 14.4. The lowest BCUT2D eigenvalue weighted by Gasteiger charge is -2.36. The van der Waals surface area contributed by atoms with Gasteiger partial charge in [-0.05, 0) is 36.5 Å². The van der Waals surface area contributed by atoms with Crippen LogP contribution in [0.15, 0.2) is 18.2 Å². The topological polar surface area (TPSA) is 82.0 Å². The Bertz CT molecular complexity index is 560. The van der Waals surface area contributed by atoms with E-state index in [1.165, 1.54) is 11.1 Å². The number of carbonyl (C=O) groups is 1. The van der Waals surface area contributed by atoms with Crippen LogP contribution >= 0.6 is 0 Å². The van der Waals surface area contributed by atoms with Gasteiger partial charge in [0, 0.05) is 18.8 Å². The number of aryl methyl sites for hydroxylation is 1. The highest BCUT2D eigenvalue weighted by Gasteiger charge is 2.30. The van der Waals surface area contributed by atoms with Gasteiger partial charge in [0.05, 0.1) is 25.9 Å². The van der Waals surface area contributed by atoms with Crippen molar-refractivity contribution in [1.82, 2.24) is 4.90 Å². The van der Waals surface area contributed by atoms with Crippen molar-refractivity contribution in [3.05, 3.63) is 29.3 Å². The molecule has 1 heterocycles. The molecular weight excluding hydrogens is 296 g/mol. The molecular formula is C17H24N2O4. The molecule has 1 aromatic rings. The molecule has 6 heteroatoms. The molecule has 0 aromatic heterocycles. The van der Waals surface area contributed by atoms with E-state index in [0.717, 1.165) is 24.9 Å². The van der Waals surface area contributed by atoms with Crippen molar-refractivity contribution in [2.24, 2.45) is 0 Å². The predicted molar refractivity (Wildman–Crippen MR) is 86.4 cm³/mol. The Labute approximate surface area is 136 Å². The van der Waals surface area contributed by atoms with E-state index in [0.29, 0.717) is 19.7 Å². The average Bonchev–Trinajstić information content (AvgIpc) is 3.06. The zero-order valence-corrected chi connectivity index (χ0v) is 13.2. The van der Waals surface area contributed by atoms with E-state index in [4.69, 9.17) is 4.74 Å². The maximum absolute atomic E-state index is 12.5. The highest BCUT2D eigenvalue weighted by atomic mass is 16.5. The lowest BCUT2D eigenvalue weighted by atomic mass is 10.1. The SMILES string of the molecule is O=C(Nc1cccc2c1CCC2)[C@H]1CN(C(CO)CO)CCO1. The standard InChI is InChI=1S/C17H24N2O4/c20-10-13(11-21)19-7-8-23-16(9-19)17(22)18-15-6-2-4-12-3-1-5-14(12)15/h2,4,6,13,16,20-21H,1,3,5,7-11H2,(H,18,22)/t16-/m1/s1. The number of aliphatic hydroxyl groups is 2. The summed E-state index contributed by atoms with van der Waals surface area (Å²) in [6.45, 7) is 1.15. The second-order valence-electron chi connectivity index (χ2n) is 6.16. The minimum Gasteiger partial charge on any atom is -0.395 e. The monoisotopic (exact) mass is 320 g/mol. The van der Waals surface area contributed by atoms with Crippen molar-refractivity contribution in [2.75, 3.05) is 38.2 Å². The van der Waals surface area contributed by atoms with Gasteiger partial charge in [0.1, 0.15) is 6.10 Å². The van der Waals surface area contributed by atoms with Crippen molar-refractivity contribution in [1.29, 1.82) is 0 Å². The summed E-state index contributed by atoms with van der Waals surface area (Å²) >= 11 is 0. The fourth-order valence-electron chi connectivity index (χ4n) is 3.40. The first-order valence-electron chi connectivity index (χ1n) is 8.22. The molecule has 0 unspecified atom stereocenters. The van der Waals surface area contributed by atoms with Crippen molar-refractivity contribution in [2.45, 2.75) is 31.4 Å². The highest BCUT2D eigenvalue weighted by molar-refractivity contribution is 5.95. The molecule has 2 aliphatic rings. The second kappa shape index (κ2) is 7.40. The van der Waals surface area contributed by atoms with Gasteiger partial charge in [-0.2, -0.15) is 0 Å². The molecule has 1 aliphatic heterocycles. The molecule has 0 radical (unpaired) electrons. The number of nitrogens with one attached hydrogen (secondary N) is 1. The fraction of sp³-hybridized carbons (Fsp3) is 0.588. The van der Waals surface area contributed by atoms with Crippen molar-refractivity contribution in [3.63, 3.8) is 0 Å². The summed E-state index contributed by atoms with van der Waals surface area (Å²) in [5.74, 6) is -0.162. The number of nitrogens with zero attached hydrogens (tertiary/aromatic N) is 1. The first-order chi connectivity index (χ1) is 11.2. The Morgan fingerprint density at radius 3 is 2.96 bits per heavy atom. The van der Waals surface area contributed by atoms with Crippen LogP contribution in [0.1, 0.15) is 17.5 Å². The van der Waals surface area contributed by atoms with Gasteiger partial charge >= 0.3 is 0 Å². The fourth-order valence-corrected chi connectivity index (χ4v) is 3.40. The van der Waals surface area contributed by atoms with E-state index in [9.17, 15) is 15.0 Å². The van der Waals surface area contributed by atoms with E-state index in [1.807, 2.05) is 17.0 Å². The minimum absolute atomic E-state index is 0.128. The summed E-state index contributed by atoms with van der Waals surface area (Å²) in [5.41, 5.74) is 3.43. The zero-order chi connectivity index (χ0) is 16.2. The lowest BCUT2D eigenvalue weighted by molar-refractivity contribution is -0.135. The van der Waals surface area contributed by atoms with Gasteiger partial charge in [0.2, 0.25) is 0 Å². The molecule has 1 aliphatic carbocycles. The largest absolute Gasteiger partial charge is 0.395 e. The van der Waals surface area contributed by atoms with Crippen LogP contribution in [0.5, 0.6) is 0 Å². The highest BCUT2D eigenvalue weighted by Crippen LogP contribution is 2.29. The summed E-state index contributed by atoms with van der Waals surface area (Å²) < 4.78 is 5.58. The van der Waals surface area contributed by atoms with E-state index in [1.54, 1.807) is 0 Å². The van der Waals surface area contributed by atoms with E-state index < -0.39 is 6.10 Å². The molecule has 23 heavy (non-hydrogen) atoms. The third-order valence-electron chi connectivity index (χ3n) is 4.73. The Kier molecular flexibility index (Phi) is 5.27. The van der Waals surface area contributed by atoms with E-state index >= 15 is 0 Å². The van der Waals surface area contributed by atoms with Crippen LogP contribution in [0.3, 0.4) is 0 Å². The van der Waals surface area contributed by atoms with Crippen molar-refractivity contribution >= 4 is 11.6 Å². The van der Waals surface area contributed by atoms with Crippen LogP contribution in [-0.2, 0) is 22.4 Å². The number of amides is 1. The first kappa shape index (κ1) is 16.4. The number of fused-ring (bicyclic) bond motifs is 1. The van der Waals surface area contributed by atoms with Gasteiger partial charge in [0.15, 0.2) is 0 Å². The molecule has 126 valence electrons. The minimum atomic E-state index is -0.582. The molecule has 0 bridgehead atoms. The molecule has 3 rings (SSSR count). The number of hydrogen-bond donors (Lipinski definition) is 3. The van der Waals surface area contributed by atoms with Crippen molar-refractivity contribution < 1.29 is 19.7 Å². The number of benzene rings is 1. The lowest BCUT2D eigenvalue weighted by Crippen LogP contribution is -2.53. The molecule has 3 N–H and O–H groups in total. The summed E-state index contributed by atoms with van der Waals surface area (Å²) in [7, 11) is 0. The van der Waals surface area contributed by atoms with Crippen LogP contribution in [0.25, 0.3) is 0 Å². The van der Waals surface area contributed by atoms with Gasteiger partial charge in [-0.15, -0.1) is 0 Å². The zero-order valence-electron chi connectivity index (χ0n) is 13.2. The van der Waals surface area contributed by atoms with Crippen LogP contribution < -0.4 is 5.32 Å². The Hall–Kier alpha value is -1.47. The molecule has 1 aromatic carbocycles. The maximum atomic E-state index is 12.5. The molecule has 1 fully saturated rings. The average molecular weight is 320 g/mol. The number of rotatable bonds is 5. The van der Waals surface area contributed by atoms with Gasteiger partial charge < -0.3 is 20.3 Å². The predicted octanol–water partition coefficient (Wildman–Crippen LogP) is 0.168. The normalized spacial score (nSPS) is 21.4. The summed E-state index contributed by atoms with van der Waals surface area (Å²) in [6, 6.07) is 5.69. The second-order valence-corrected chi connectivity index (χ2v) is 6.16. The van der Waals surface area contributed by atoms with Gasteiger partial charge in [-0.1, -0.05) is 12.1 Å². The van der Waals surface area contributed by atoms with E-state index in [2.05, 4.69) is 11.4 Å². The summed E-state index contributed by atoms with van der Waals surface area (Å²) in [6.07, 6.45) is 2.62. The Balaban J connectivity index is 1.65. The van der Waals surface area contributed by atoms with Crippen LogP contribution in [0, 0.1) is 0 Å². The Morgan fingerprint density at radius 2 is 2.17 bits per heavy atom. The number of morpholine rings is 1. The molecule has 0 spiro atoms. The van der Waals surface area contributed by atoms with Crippen LogP contribution in [-0.4, -0.2) is 66.1 Å². The third kappa shape index (κ3) is 3.55. The summed E-state index contributed by atoms with van der Waals surface area (Å²) in [5, 5.41) is 21.6. The van der Waals surface area contributed by atoms with Gasteiger partial charge in [-0.3, -0.25) is 9.69 Å². The quantitative estimate of drug-likeness (QED) is 0.720. The van der Waals surface area contributed by atoms with Gasteiger partial charge in [0.25, 0.3) is 5.91 Å². The van der Waals surface area contributed by atoms with Crippen molar-refractivity contribution in [3.8, 4) is 0 Å². The molecule has 6 nitrogen and oxygen atoms in total. The molecule has 1 saturated heterocycles. The number of carbonyl (C=O) groups excluding carboxylic acids is 1. The Morgan fingerprint density at radius 1 is 1.35 bits per heavy atom. The molecule has 0 saturated carbocycles. The van der Waals surface area contributed by atoms with Gasteiger partial charge in [-0.25, -0.2) is 0 Å². The van der Waals surface area contributed by atoms with Crippen LogP contribution in [0.4, 0.5) is 5.69 Å². The molecule has 1 amide bonds. The first-order valence-corrected chi connectivity index (χ1v) is 8.22. The molecule has 1 atom stereocenters. The third-order valence-corrected chi connectivity index (χ3v) is 4.73.